The fourth-order valence-corrected chi connectivity index (χ4v) is 2.89. The van der Waals surface area contributed by atoms with Gasteiger partial charge in [0.1, 0.15) is 5.82 Å². The Balaban J connectivity index is 1.42. The second-order valence-electron chi connectivity index (χ2n) is 5.81. The molecule has 116 valence electrons. The van der Waals surface area contributed by atoms with Crippen molar-refractivity contribution >= 4 is 5.82 Å². The van der Waals surface area contributed by atoms with Crippen molar-refractivity contribution in [2.75, 3.05) is 18.5 Å². The van der Waals surface area contributed by atoms with Gasteiger partial charge in [0, 0.05) is 38.1 Å². The third kappa shape index (κ3) is 3.81. The molecule has 3 rings (SSSR count). The maximum absolute atomic E-state index is 4.32. The molecule has 5 heteroatoms. The van der Waals surface area contributed by atoms with Crippen LogP contribution in [-0.4, -0.2) is 29.6 Å². The average Bonchev–Trinajstić information content (AvgIpc) is 3.05. The quantitative estimate of drug-likeness (QED) is 0.857. The van der Waals surface area contributed by atoms with Gasteiger partial charge in [-0.1, -0.05) is 30.3 Å². The summed E-state index contributed by atoms with van der Waals surface area (Å²) in [5.74, 6) is 0.933. The van der Waals surface area contributed by atoms with E-state index in [1.807, 2.05) is 0 Å². The molecular weight excluding hydrogens is 274 g/mol. The maximum atomic E-state index is 4.32. The second kappa shape index (κ2) is 7.33. The Hall–Kier alpha value is -1.98. The molecular formula is C17H23N5. The van der Waals surface area contributed by atoms with E-state index in [1.165, 1.54) is 5.56 Å². The molecule has 5 nitrogen and oxygen atoms in total. The van der Waals surface area contributed by atoms with Crippen LogP contribution in [0.3, 0.4) is 0 Å². The van der Waals surface area contributed by atoms with Crippen LogP contribution >= 0.6 is 0 Å². The van der Waals surface area contributed by atoms with Crippen LogP contribution < -0.4 is 15.8 Å². The van der Waals surface area contributed by atoms with E-state index < -0.39 is 0 Å². The van der Waals surface area contributed by atoms with Crippen LogP contribution in [0.2, 0.25) is 0 Å². The van der Waals surface area contributed by atoms with Gasteiger partial charge in [0.05, 0.1) is 6.20 Å². The molecule has 2 unspecified atom stereocenters. The third-order valence-electron chi connectivity index (χ3n) is 4.17. The predicted molar refractivity (Wildman–Crippen MR) is 88.4 cm³/mol. The van der Waals surface area contributed by atoms with Gasteiger partial charge in [0.15, 0.2) is 0 Å². The largest absolute Gasteiger partial charge is 0.358 e. The van der Waals surface area contributed by atoms with Crippen LogP contribution in [-0.2, 0) is 0 Å². The van der Waals surface area contributed by atoms with E-state index >= 15 is 0 Å². The summed E-state index contributed by atoms with van der Waals surface area (Å²) in [6.07, 6.45) is 8.67. The van der Waals surface area contributed by atoms with E-state index in [0.717, 1.165) is 31.6 Å². The van der Waals surface area contributed by atoms with Gasteiger partial charge in [-0.05, 0) is 24.8 Å². The number of hydrogen-bond donors (Lipinski definition) is 2. The molecule has 1 aliphatic rings. The van der Waals surface area contributed by atoms with Crippen LogP contribution in [0.5, 0.6) is 0 Å². The van der Waals surface area contributed by atoms with Gasteiger partial charge in [-0.3, -0.25) is 15.8 Å². The lowest BCUT2D eigenvalue weighted by Gasteiger charge is -2.18. The predicted octanol–water partition coefficient (Wildman–Crippen LogP) is 2.30. The molecule has 1 aromatic heterocycles. The SMILES string of the molecule is CN(CCCC1CC(c2ccccc2)NN1)c1cnccn1. The lowest BCUT2D eigenvalue weighted by Crippen LogP contribution is -2.31. The molecule has 0 saturated carbocycles. The summed E-state index contributed by atoms with van der Waals surface area (Å²) in [7, 11) is 2.07. The van der Waals surface area contributed by atoms with Crippen molar-refractivity contribution < 1.29 is 0 Å². The van der Waals surface area contributed by atoms with Gasteiger partial charge in [-0.25, -0.2) is 4.98 Å². The number of nitrogens with zero attached hydrogens (tertiary/aromatic N) is 3. The minimum absolute atomic E-state index is 0.420. The highest BCUT2D eigenvalue weighted by Gasteiger charge is 2.24. The molecule has 2 aromatic rings. The van der Waals surface area contributed by atoms with Crippen LogP contribution in [0.15, 0.2) is 48.9 Å². The highest BCUT2D eigenvalue weighted by Crippen LogP contribution is 2.23. The van der Waals surface area contributed by atoms with Crippen molar-refractivity contribution in [1.29, 1.82) is 0 Å². The second-order valence-corrected chi connectivity index (χ2v) is 5.81. The van der Waals surface area contributed by atoms with Gasteiger partial charge < -0.3 is 4.90 Å². The molecule has 1 aliphatic heterocycles. The highest BCUT2D eigenvalue weighted by atomic mass is 15.4. The van der Waals surface area contributed by atoms with Crippen molar-refractivity contribution in [3.05, 3.63) is 54.5 Å². The number of hydrazine groups is 1. The first-order valence-electron chi connectivity index (χ1n) is 7.86. The van der Waals surface area contributed by atoms with Crippen molar-refractivity contribution in [2.24, 2.45) is 0 Å². The number of nitrogens with one attached hydrogen (secondary N) is 2. The fraction of sp³-hybridized carbons (Fsp3) is 0.412. The summed E-state index contributed by atoms with van der Waals surface area (Å²) in [5.41, 5.74) is 8.18. The molecule has 0 spiro atoms. The first-order chi connectivity index (χ1) is 10.8. The van der Waals surface area contributed by atoms with Crippen LogP contribution in [0, 0.1) is 0 Å². The summed E-state index contributed by atoms with van der Waals surface area (Å²) in [5, 5.41) is 0. The van der Waals surface area contributed by atoms with E-state index in [9.17, 15) is 0 Å². The number of benzene rings is 1. The Morgan fingerprint density at radius 2 is 2.05 bits per heavy atom. The molecule has 0 amide bonds. The van der Waals surface area contributed by atoms with Crippen LogP contribution in [0.4, 0.5) is 5.82 Å². The van der Waals surface area contributed by atoms with Crippen LogP contribution in [0.1, 0.15) is 30.9 Å². The van der Waals surface area contributed by atoms with Crippen molar-refractivity contribution in [1.82, 2.24) is 20.8 Å². The van der Waals surface area contributed by atoms with Gasteiger partial charge >= 0.3 is 0 Å². The number of anilines is 1. The first kappa shape index (κ1) is 14.9. The molecule has 0 radical (unpaired) electrons. The lowest BCUT2D eigenvalue weighted by molar-refractivity contribution is 0.502. The van der Waals surface area contributed by atoms with Gasteiger partial charge in [0.2, 0.25) is 0 Å². The third-order valence-corrected chi connectivity index (χ3v) is 4.17. The number of rotatable bonds is 6. The zero-order valence-electron chi connectivity index (χ0n) is 12.9. The summed E-state index contributed by atoms with van der Waals surface area (Å²) >= 11 is 0. The smallest absolute Gasteiger partial charge is 0.146 e. The summed E-state index contributed by atoms with van der Waals surface area (Å²) in [4.78, 5) is 10.6. The number of hydrogen-bond acceptors (Lipinski definition) is 5. The molecule has 2 N–H and O–H groups in total. The van der Waals surface area contributed by atoms with Crippen molar-refractivity contribution in [3.8, 4) is 0 Å². The standard InChI is InChI=1S/C17H23N5/c1-22(17-13-18-9-10-19-17)11-5-8-15-12-16(21-20-15)14-6-3-2-4-7-14/h2-4,6-7,9-10,13,15-16,20-21H,5,8,11-12H2,1H3. The van der Waals surface area contributed by atoms with Gasteiger partial charge in [-0.2, -0.15) is 0 Å². The Morgan fingerprint density at radius 1 is 1.18 bits per heavy atom. The monoisotopic (exact) mass is 297 g/mol. The summed E-state index contributed by atoms with van der Waals surface area (Å²) in [6, 6.07) is 11.6. The molecule has 0 aliphatic carbocycles. The molecule has 1 aromatic carbocycles. The molecule has 22 heavy (non-hydrogen) atoms. The maximum Gasteiger partial charge on any atom is 0.146 e. The Labute approximate surface area is 131 Å². The average molecular weight is 297 g/mol. The summed E-state index contributed by atoms with van der Waals surface area (Å²) < 4.78 is 0. The van der Waals surface area contributed by atoms with E-state index in [-0.39, 0.29) is 0 Å². The Bertz CT molecular complexity index is 560. The molecule has 0 bridgehead atoms. The molecule has 2 heterocycles. The molecule has 1 saturated heterocycles. The molecule has 1 fully saturated rings. The highest BCUT2D eigenvalue weighted by molar-refractivity contribution is 5.33. The number of aromatic nitrogens is 2. The topological polar surface area (TPSA) is 53.1 Å². The fourth-order valence-electron chi connectivity index (χ4n) is 2.89. The van der Waals surface area contributed by atoms with E-state index in [1.54, 1.807) is 18.6 Å². The van der Waals surface area contributed by atoms with Crippen LogP contribution in [0.25, 0.3) is 0 Å². The van der Waals surface area contributed by atoms with Gasteiger partial charge in [-0.15, -0.1) is 0 Å². The van der Waals surface area contributed by atoms with Crippen molar-refractivity contribution in [2.45, 2.75) is 31.3 Å². The Morgan fingerprint density at radius 3 is 2.82 bits per heavy atom. The normalized spacial score (nSPS) is 21.0. The lowest BCUT2D eigenvalue weighted by atomic mass is 10.00. The Kier molecular flexibility index (Phi) is 4.98. The zero-order valence-corrected chi connectivity index (χ0v) is 12.9. The minimum Gasteiger partial charge on any atom is -0.358 e. The summed E-state index contributed by atoms with van der Waals surface area (Å²) in [6.45, 7) is 0.993. The minimum atomic E-state index is 0.420. The first-order valence-corrected chi connectivity index (χ1v) is 7.86. The van der Waals surface area contributed by atoms with E-state index in [0.29, 0.717) is 12.1 Å². The van der Waals surface area contributed by atoms with Crippen molar-refractivity contribution in [3.63, 3.8) is 0 Å². The van der Waals surface area contributed by atoms with E-state index in [4.69, 9.17) is 0 Å². The zero-order chi connectivity index (χ0) is 15.2. The van der Waals surface area contributed by atoms with E-state index in [2.05, 4.69) is 63.1 Å². The molecule has 2 atom stereocenters. The van der Waals surface area contributed by atoms with Gasteiger partial charge in [0.25, 0.3) is 0 Å².